The van der Waals surface area contributed by atoms with Gasteiger partial charge in [0.05, 0.1) is 27.8 Å². The molecular formula is C32H29BN2O2. The highest BCUT2D eigenvalue weighted by atomic mass is 16.7. The van der Waals surface area contributed by atoms with E-state index in [9.17, 15) is 0 Å². The number of benzene rings is 4. The first kappa shape index (κ1) is 22.4. The predicted molar refractivity (Wildman–Crippen MR) is 153 cm³/mol. The number of fused-ring (bicyclic) bond motifs is 4. The van der Waals surface area contributed by atoms with Crippen LogP contribution in [0.25, 0.3) is 44.1 Å². The maximum atomic E-state index is 6.39. The zero-order valence-electron chi connectivity index (χ0n) is 21.6. The van der Waals surface area contributed by atoms with Crippen LogP contribution < -0.4 is 5.46 Å². The molecule has 0 atom stereocenters. The first-order valence-corrected chi connectivity index (χ1v) is 12.9. The van der Waals surface area contributed by atoms with Gasteiger partial charge in [-0.1, -0.05) is 48.5 Å². The molecule has 4 nitrogen and oxygen atoms in total. The van der Waals surface area contributed by atoms with E-state index in [1.807, 2.05) is 0 Å². The number of aromatic nitrogens is 2. The summed E-state index contributed by atoms with van der Waals surface area (Å²) in [6, 6.07) is 34.5. The molecule has 3 heterocycles. The van der Waals surface area contributed by atoms with Gasteiger partial charge in [-0.2, -0.15) is 0 Å². The summed E-state index contributed by atoms with van der Waals surface area (Å²) in [5.74, 6) is 0. The Hall–Kier alpha value is -3.80. The van der Waals surface area contributed by atoms with Crippen molar-refractivity contribution < 1.29 is 9.31 Å². The van der Waals surface area contributed by atoms with Gasteiger partial charge >= 0.3 is 7.12 Å². The van der Waals surface area contributed by atoms with Crippen LogP contribution >= 0.6 is 0 Å². The maximum absolute atomic E-state index is 6.39. The van der Waals surface area contributed by atoms with E-state index in [-0.39, 0.29) is 11.2 Å². The Morgan fingerprint density at radius 3 is 1.89 bits per heavy atom. The predicted octanol–water partition coefficient (Wildman–Crippen LogP) is 7.03. The molecule has 0 bridgehead atoms. The highest BCUT2D eigenvalue weighted by Gasteiger charge is 2.51. The normalized spacial score (nSPS) is 16.8. The van der Waals surface area contributed by atoms with Gasteiger partial charge in [-0.05, 0) is 81.7 Å². The molecule has 1 aliphatic heterocycles. The standard InChI is InChI=1S/C32H29BN2O2/c1-31(2)32(3,4)37-33(36-31)23-15-16-28-27(20-23)26-19-22-17-18-34(24-11-7-5-8-12-24)29(22)21-30(26)35(28)25-13-9-6-10-14-25/h5-21H,1-4H3. The van der Waals surface area contributed by atoms with E-state index in [0.717, 1.165) is 16.8 Å². The van der Waals surface area contributed by atoms with Crippen LogP contribution in [0.15, 0.2) is 103 Å². The molecule has 1 aliphatic rings. The molecule has 5 heteroatoms. The number of hydrogen-bond acceptors (Lipinski definition) is 2. The molecule has 0 radical (unpaired) electrons. The molecular weight excluding hydrogens is 455 g/mol. The zero-order valence-corrected chi connectivity index (χ0v) is 21.6. The number of nitrogens with zero attached hydrogens (tertiary/aromatic N) is 2. The smallest absolute Gasteiger partial charge is 0.399 e. The summed E-state index contributed by atoms with van der Waals surface area (Å²) < 4.78 is 17.4. The minimum absolute atomic E-state index is 0.378. The zero-order chi connectivity index (χ0) is 25.4. The minimum Gasteiger partial charge on any atom is -0.399 e. The molecule has 4 aromatic carbocycles. The van der Waals surface area contributed by atoms with Gasteiger partial charge < -0.3 is 18.4 Å². The summed E-state index contributed by atoms with van der Waals surface area (Å²) in [6.45, 7) is 8.39. The van der Waals surface area contributed by atoms with Crippen molar-refractivity contribution in [1.29, 1.82) is 0 Å². The van der Waals surface area contributed by atoms with Gasteiger partial charge in [-0.25, -0.2) is 0 Å². The van der Waals surface area contributed by atoms with Gasteiger partial charge in [0.15, 0.2) is 0 Å². The molecule has 0 aliphatic carbocycles. The second kappa shape index (κ2) is 7.85. The van der Waals surface area contributed by atoms with Crippen LogP contribution in [0.4, 0.5) is 0 Å². The second-order valence-corrected chi connectivity index (χ2v) is 11.0. The van der Waals surface area contributed by atoms with Gasteiger partial charge in [-0.3, -0.25) is 0 Å². The number of hydrogen-bond donors (Lipinski definition) is 0. The van der Waals surface area contributed by atoms with Crippen molar-refractivity contribution in [2.75, 3.05) is 0 Å². The molecule has 6 aromatic rings. The third kappa shape index (κ3) is 3.38. The lowest BCUT2D eigenvalue weighted by Gasteiger charge is -2.32. The van der Waals surface area contributed by atoms with Crippen LogP contribution in [0.2, 0.25) is 0 Å². The fraction of sp³-hybridized carbons (Fsp3) is 0.188. The van der Waals surface area contributed by atoms with E-state index >= 15 is 0 Å². The lowest BCUT2D eigenvalue weighted by atomic mass is 9.78. The van der Waals surface area contributed by atoms with Crippen molar-refractivity contribution in [2.24, 2.45) is 0 Å². The van der Waals surface area contributed by atoms with E-state index in [4.69, 9.17) is 9.31 Å². The van der Waals surface area contributed by atoms with Gasteiger partial charge in [0.25, 0.3) is 0 Å². The van der Waals surface area contributed by atoms with Crippen LogP contribution in [0.5, 0.6) is 0 Å². The number of rotatable bonds is 3. The Bertz CT molecular complexity index is 1770. The lowest BCUT2D eigenvalue weighted by Crippen LogP contribution is -2.41. The highest BCUT2D eigenvalue weighted by molar-refractivity contribution is 6.62. The van der Waals surface area contributed by atoms with E-state index < -0.39 is 7.12 Å². The van der Waals surface area contributed by atoms with E-state index in [0.29, 0.717) is 0 Å². The Labute approximate surface area is 217 Å². The molecule has 0 unspecified atom stereocenters. The van der Waals surface area contributed by atoms with Crippen molar-refractivity contribution in [1.82, 2.24) is 9.13 Å². The topological polar surface area (TPSA) is 28.3 Å². The van der Waals surface area contributed by atoms with Crippen LogP contribution in [0, 0.1) is 0 Å². The average molecular weight is 484 g/mol. The summed E-state index contributed by atoms with van der Waals surface area (Å²) in [4.78, 5) is 0. The molecule has 1 fully saturated rings. The van der Waals surface area contributed by atoms with Crippen molar-refractivity contribution >= 4 is 45.3 Å². The fourth-order valence-corrected chi connectivity index (χ4v) is 5.46. The molecule has 1 saturated heterocycles. The Balaban J connectivity index is 1.49. The van der Waals surface area contributed by atoms with Crippen molar-refractivity contribution in [2.45, 2.75) is 38.9 Å². The summed E-state index contributed by atoms with van der Waals surface area (Å²) in [5, 5.41) is 3.63. The maximum Gasteiger partial charge on any atom is 0.494 e. The first-order chi connectivity index (χ1) is 17.8. The number of para-hydroxylation sites is 2. The van der Waals surface area contributed by atoms with Crippen molar-refractivity contribution in [3.63, 3.8) is 0 Å². The summed E-state index contributed by atoms with van der Waals surface area (Å²) >= 11 is 0. The van der Waals surface area contributed by atoms with Crippen molar-refractivity contribution in [3.8, 4) is 11.4 Å². The third-order valence-electron chi connectivity index (χ3n) is 8.17. The summed E-state index contributed by atoms with van der Waals surface area (Å²) in [7, 11) is -0.396. The summed E-state index contributed by atoms with van der Waals surface area (Å²) in [5.41, 5.74) is 6.11. The minimum atomic E-state index is -0.396. The molecule has 37 heavy (non-hydrogen) atoms. The monoisotopic (exact) mass is 484 g/mol. The van der Waals surface area contributed by atoms with E-state index in [1.54, 1.807) is 0 Å². The van der Waals surface area contributed by atoms with Crippen LogP contribution in [0.3, 0.4) is 0 Å². The van der Waals surface area contributed by atoms with Crippen LogP contribution in [0.1, 0.15) is 27.7 Å². The molecule has 0 saturated carbocycles. The van der Waals surface area contributed by atoms with Gasteiger partial charge in [0.1, 0.15) is 0 Å². The van der Waals surface area contributed by atoms with E-state index in [1.165, 1.54) is 32.7 Å². The van der Waals surface area contributed by atoms with Crippen LogP contribution in [-0.4, -0.2) is 27.5 Å². The second-order valence-electron chi connectivity index (χ2n) is 11.0. The Kier molecular flexibility index (Phi) is 4.75. The Morgan fingerprint density at radius 2 is 1.22 bits per heavy atom. The van der Waals surface area contributed by atoms with Gasteiger partial charge in [-0.15, -0.1) is 0 Å². The first-order valence-electron chi connectivity index (χ1n) is 12.9. The summed E-state index contributed by atoms with van der Waals surface area (Å²) in [6.07, 6.45) is 2.16. The molecule has 0 N–H and O–H groups in total. The molecule has 0 amide bonds. The molecule has 182 valence electrons. The van der Waals surface area contributed by atoms with Gasteiger partial charge in [0.2, 0.25) is 0 Å². The van der Waals surface area contributed by atoms with E-state index in [2.05, 4.69) is 140 Å². The third-order valence-corrected chi connectivity index (χ3v) is 8.17. The largest absolute Gasteiger partial charge is 0.494 e. The van der Waals surface area contributed by atoms with Crippen LogP contribution in [-0.2, 0) is 9.31 Å². The highest BCUT2D eigenvalue weighted by Crippen LogP contribution is 2.38. The SMILES string of the molecule is CC1(C)OB(c2ccc3c(c2)c2cc4ccn(-c5ccccc5)c4cc2n3-c2ccccc2)OC1(C)C. The molecule has 0 spiro atoms. The van der Waals surface area contributed by atoms with Gasteiger partial charge in [0, 0.05) is 33.7 Å². The lowest BCUT2D eigenvalue weighted by molar-refractivity contribution is 0.00578. The molecule has 2 aromatic heterocycles. The Morgan fingerprint density at radius 1 is 0.595 bits per heavy atom. The fourth-order valence-electron chi connectivity index (χ4n) is 5.46. The van der Waals surface area contributed by atoms with Crippen molar-refractivity contribution in [3.05, 3.63) is 103 Å². The molecule has 7 rings (SSSR count). The quantitative estimate of drug-likeness (QED) is 0.253. The average Bonchev–Trinajstić information content (AvgIpc) is 3.52.